The smallest absolute Gasteiger partial charge is 0.399 e. The van der Waals surface area contributed by atoms with Gasteiger partial charge >= 0.3 is 7.12 Å². The van der Waals surface area contributed by atoms with Gasteiger partial charge < -0.3 is 15.0 Å². The van der Waals surface area contributed by atoms with Crippen molar-refractivity contribution >= 4 is 39.8 Å². The highest BCUT2D eigenvalue weighted by Crippen LogP contribution is 2.42. The van der Waals surface area contributed by atoms with E-state index in [4.69, 9.17) is 15.0 Å². The summed E-state index contributed by atoms with van der Waals surface area (Å²) in [7, 11) is -0.352. The highest BCUT2D eigenvalue weighted by atomic mass is 16.7. The summed E-state index contributed by atoms with van der Waals surface area (Å²) in [4.78, 5) is 0. The number of hydrogen-bond donors (Lipinski definition) is 1. The molecule has 1 aliphatic rings. The van der Waals surface area contributed by atoms with E-state index in [0.29, 0.717) is 0 Å². The summed E-state index contributed by atoms with van der Waals surface area (Å²) >= 11 is 0. The third-order valence-corrected chi connectivity index (χ3v) is 8.16. The van der Waals surface area contributed by atoms with E-state index < -0.39 is 0 Å². The third kappa shape index (κ3) is 4.01. The Morgan fingerprint density at radius 3 is 1.78 bits per heavy atom. The van der Waals surface area contributed by atoms with Crippen molar-refractivity contribution in [3.8, 4) is 11.1 Å². The first-order valence-corrected chi connectivity index (χ1v) is 13.0. The van der Waals surface area contributed by atoms with Crippen molar-refractivity contribution in [3.05, 3.63) is 108 Å². The topological polar surface area (TPSA) is 44.5 Å². The largest absolute Gasteiger partial charge is 0.494 e. The fourth-order valence-corrected chi connectivity index (χ4v) is 5.37. The minimum atomic E-state index is -0.352. The second-order valence-corrected chi connectivity index (χ2v) is 11.0. The van der Waals surface area contributed by atoms with Crippen LogP contribution in [-0.2, 0) is 15.7 Å². The predicted octanol–water partition coefficient (Wildman–Crippen LogP) is 7.13. The van der Waals surface area contributed by atoms with Crippen LogP contribution in [0.25, 0.3) is 32.7 Å². The van der Waals surface area contributed by atoms with Crippen LogP contribution in [0.1, 0.15) is 38.8 Å². The molecule has 2 N–H and O–H groups in total. The van der Waals surface area contributed by atoms with Gasteiger partial charge in [0, 0.05) is 16.6 Å². The molecule has 6 rings (SSSR count). The summed E-state index contributed by atoms with van der Waals surface area (Å²) < 4.78 is 12.5. The number of benzene rings is 5. The fraction of sp³-hybridized carbons (Fsp3) is 0.212. The lowest BCUT2D eigenvalue weighted by Gasteiger charge is -2.32. The zero-order chi connectivity index (χ0) is 25.8. The van der Waals surface area contributed by atoms with Crippen molar-refractivity contribution in [1.29, 1.82) is 0 Å². The minimum absolute atomic E-state index is 0.349. The third-order valence-electron chi connectivity index (χ3n) is 8.16. The summed E-state index contributed by atoms with van der Waals surface area (Å²) in [6.45, 7) is 8.34. The van der Waals surface area contributed by atoms with E-state index in [1.165, 1.54) is 32.8 Å². The molecule has 5 aromatic rings. The molecule has 1 saturated heterocycles. The number of nitrogen functional groups attached to an aromatic ring is 1. The molecule has 184 valence electrons. The number of rotatable bonds is 4. The van der Waals surface area contributed by atoms with Crippen LogP contribution in [0.2, 0.25) is 0 Å². The van der Waals surface area contributed by atoms with Crippen LogP contribution in [0.5, 0.6) is 0 Å². The molecule has 0 atom stereocenters. The maximum absolute atomic E-state index is 6.89. The molecule has 1 fully saturated rings. The van der Waals surface area contributed by atoms with Crippen LogP contribution >= 0.6 is 0 Å². The van der Waals surface area contributed by atoms with Crippen LogP contribution in [0.3, 0.4) is 0 Å². The summed E-state index contributed by atoms with van der Waals surface area (Å²) in [5.74, 6) is 0. The van der Waals surface area contributed by atoms with Crippen molar-refractivity contribution in [2.24, 2.45) is 0 Å². The molecule has 4 heteroatoms. The van der Waals surface area contributed by atoms with Gasteiger partial charge in [0.05, 0.1) is 11.2 Å². The zero-order valence-electron chi connectivity index (χ0n) is 21.9. The van der Waals surface area contributed by atoms with Crippen molar-refractivity contribution in [2.45, 2.75) is 45.3 Å². The van der Waals surface area contributed by atoms with Crippen LogP contribution in [0.15, 0.2) is 97.1 Å². The van der Waals surface area contributed by atoms with Gasteiger partial charge in [0.1, 0.15) is 0 Å². The highest BCUT2D eigenvalue weighted by Gasteiger charge is 2.51. The van der Waals surface area contributed by atoms with E-state index in [9.17, 15) is 0 Å². The molecule has 37 heavy (non-hydrogen) atoms. The van der Waals surface area contributed by atoms with Crippen LogP contribution in [-0.4, -0.2) is 18.3 Å². The molecule has 0 bridgehead atoms. The lowest BCUT2D eigenvalue weighted by atomic mass is 9.78. The molecule has 0 spiro atoms. The SMILES string of the molecule is CC1(C)OB(c2ccc(Cc3ccccc3-c3c(N)c4ccccc4c4ccccc34)cc2)OC1(C)C. The molecule has 0 radical (unpaired) electrons. The minimum Gasteiger partial charge on any atom is -0.399 e. The molecule has 1 heterocycles. The van der Waals surface area contributed by atoms with Gasteiger partial charge in [-0.25, -0.2) is 0 Å². The second kappa shape index (κ2) is 8.76. The van der Waals surface area contributed by atoms with E-state index in [1.54, 1.807) is 0 Å². The van der Waals surface area contributed by atoms with Gasteiger partial charge in [0.2, 0.25) is 0 Å². The lowest BCUT2D eigenvalue weighted by Crippen LogP contribution is -2.41. The molecule has 0 amide bonds. The molecule has 0 saturated carbocycles. The van der Waals surface area contributed by atoms with Gasteiger partial charge in [-0.1, -0.05) is 97.1 Å². The van der Waals surface area contributed by atoms with Crippen molar-refractivity contribution in [1.82, 2.24) is 0 Å². The first-order chi connectivity index (χ1) is 17.7. The predicted molar refractivity (Wildman–Crippen MR) is 156 cm³/mol. The lowest BCUT2D eigenvalue weighted by molar-refractivity contribution is 0.00578. The monoisotopic (exact) mass is 485 g/mol. The Morgan fingerprint density at radius 1 is 0.622 bits per heavy atom. The molecule has 0 unspecified atom stereocenters. The summed E-state index contributed by atoms with van der Waals surface area (Å²) in [5, 5.41) is 4.69. The molecule has 0 aliphatic carbocycles. The van der Waals surface area contributed by atoms with Crippen molar-refractivity contribution in [3.63, 3.8) is 0 Å². The van der Waals surface area contributed by atoms with Crippen LogP contribution in [0, 0.1) is 0 Å². The average Bonchev–Trinajstić information content (AvgIpc) is 3.12. The van der Waals surface area contributed by atoms with Gasteiger partial charge in [-0.05, 0) is 72.4 Å². The van der Waals surface area contributed by atoms with Gasteiger partial charge in [-0.2, -0.15) is 0 Å². The summed E-state index contributed by atoms with van der Waals surface area (Å²) in [6.07, 6.45) is 0.806. The first-order valence-electron chi connectivity index (χ1n) is 13.0. The van der Waals surface area contributed by atoms with Gasteiger partial charge in [0.15, 0.2) is 0 Å². The van der Waals surface area contributed by atoms with E-state index in [-0.39, 0.29) is 18.3 Å². The molecule has 1 aliphatic heterocycles. The highest BCUT2D eigenvalue weighted by molar-refractivity contribution is 6.62. The van der Waals surface area contributed by atoms with E-state index in [1.807, 2.05) is 0 Å². The maximum atomic E-state index is 6.89. The fourth-order valence-electron chi connectivity index (χ4n) is 5.37. The van der Waals surface area contributed by atoms with Crippen molar-refractivity contribution < 1.29 is 9.31 Å². The maximum Gasteiger partial charge on any atom is 0.494 e. The summed E-state index contributed by atoms with van der Waals surface area (Å²) in [6, 6.07) is 34.2. The Bertz CT molecular complexity index is 1610. The Balaban J connectivity index is 1.38. The Kier molecular flexibility index (Phi) is 5.63. The number of hydrogen-bond acceptors (Lipinski definition) is 3. The molecular weight excluding hydrogens is 453 g/mol. The summed E-state index contributed by atoms with van der Waals surface area (Å²) in [5.41, 5.74) is 12.8. The van der Waals surface area contributed by atoms with Gasteiger partial charge in [-0.15, -0.1) is 0 Å². The molecule has 5 aromatic carbocycles. The normalized spacial score (nSPS) is 16.5. The molecule has 0 aromatic heterocycles. The van der Waals surface area contributed by atoms with Gasteiger partial charge in [-0.3, -0.25) is 0 Å². The van der Waals surface area contributed by atoms with E-state index in [2.05, 4.69) is 125 Å². The van der Waals surface area contributed by atoms with Crippen LogP contribution < -0.4 is 11.2 Å². The quantitative estimate of drug-likeness (QED) is 0.167. The average molecular weight is 485 g/mol. The van der Waals surface area contributed by atoms with E-state index >= 15 is 0 Å². The Morgan fingerprint density at radius 2 is 1.14 bits per heavy atom. The second-order valence-electron chi connectivity index (χ2n) is 11.0. The number of fused-ring (bicyclic) bond motifs is 3. The first kappa shape index (κ1) is 23.8. The van der Waals surface area contributed by atoms with Crippen LogP contribution in [0.4, 0.5) is 5.69 Å². The number of anilines is 1. The van der Waals surface area contributed by atoms with E-state index in [0.717, 1.165) is 28.5 Å². The Labute approximate surface area is 219 Å². The van der Waals surface area contributed by atoms with Crippen molar-refractivity contribution in [2.75, 3.05) is 5.73 Å². The van der Waals surface area contributed by atoms with Gasteiger partial charge in [0.25, 0.3) is 0 Å². The number of nitrogens with two attached hydrogens (primary N) is 1. The Hall–Kier alpha value is -3.60. The standard InChI is InChI=1S/C33H32BNO2/c1-32(2)33(3,4)37-34(36-32)24-19-17-22(18-20-24)21-23-11-5-6-12-25(23)30-28-15-9-7-13-26(28)27-14-8-10-16-29(27)31(30)35/h5-20H,21,35H2,1-4H3. The molecular formula is C33H32BNO2. The molecule has 3 nitrogen and oxygen atoms in total. The zero-order valence-corrected chi connectivity index (χ0v) is 21.9.